The third-order valence-corrected chi connectivity index (χ3v) is 21.9. The van der Waals surface area contributed by atoms with Gasteiger partial charge in [0, 0.05) is 144 Å². The molecule has 0 saturated carbocycles. The molecule has 0 radical (unpaired) electrons. The third kappa shape index (κ3) is 13.7. The van der Waals surface area contributed by atoms with Crippen molar-refractivity contribution >= 4 is 110 Å². The second-order valence-electron chi connectivity index (χ2n) is 30.3. The van der Waals surface area contributed by atoms with E-state index in [9.17, 15) is 0 Å². The zero-order valence-corrected chi connectivity index (χ0v) is 67.1. The molecule has 0 amide bonds. The predicted octanol–water partition coefficient (Wildman–Crippen LogP) is 21.6. The summed E-state index contributed by atoms with van der Waals surface area (Å²) in [7, 11) is 10.4. The molecule has 113 heavy (non-hydrogen) atoms. The Bertz CT molecular complexity index is 7130. The Kier molecular flexibility index (Phi) is 19.6. The molecule has 15 heteroatoms. The molecule has 0 spiro atoms. The molecule has 20 aromatic rings. The first-order valence-electron chi connectivity index (χ1n) is 38.3. The monoisotopic (exact) mass is 1490 g/mol. The van der Waals surface area contributed by atoms with Gasteiger partial charge in [0.1, 0.15) is 35.2 Å². The lowest BCUT2D eigenvalue weighted by Crippen LogP contribution is -2.31. The van der Waals surface area contributed by atoms with Crippen molar-refractivity contribution in [3.63, 3.8) is 0 Å². The zero-order valence-electron chi connectivity index (χ0n) is 67.1. The van der Waals surface area contributed by atoms with Crippen LogP contribution in [0.25, 0.3) is 167 Å². The highest BCUT2D eigenvalue weighted by atomic mass is 16.4. The lowest BCUT2D eigenvalue weighted by molar-refractivity contribution is -0.660. The summed E-state index contributed by atoms with van der Waals surface area (Å²) in [5.74, 6) is 0.488. The minimum absolute atomic E-state index is 0.488. The number of furan rings is 5. The van der Waals surface area contributed by atoms with Crippen molar-refractivity contribution in [2.24, 2.45) is 35.2 Å². The maximum absolute atomic E-state index is 6.16. The Labute approximate surface area is 656 Å². The number of rotatable bonds is 6. The highest BCUT2D eigenvalue weighted by Gasteiger charge is 2.28. The van der Waals surface area contributed by atoms with Crippen LogP contribution >= 0.6 is 0 Å². The minimum Gasteiger partial charge on any atom is -0.437 e. The molecule has 0 aliphatic rings. The fraction of sp³-hybridized carbons (Fsp3) is 0.184. The van der Waals surface area contributed by atoms with Crippen LogP contribution in [0.3, 0.4) is 0 Å². The van der Waals surface area contributed by atoms with Crippen molar-refractivity contribution < 1.29 is 44.9 Å². The van der Waals surface area contributed by atoms with Crippen LogP contribution in [0, 0.1) is 69.2 Å². The van der Waals surface area contributed by atoms with Gasteiger partial charge in [0.05, 0.1) is 27.8 Å². The van der Waals surface area contributed by atoms with E-state index in [2.05, 4.69) is 337 Å². The molecule has 0 atom stereocenters. The molecular weight excluding hydrogens is 1400 g/mol. The zero-order chi connectivity index (χ0) is 78.8. The average molecular weight is 1490 g/mol. The molecule has 5 aromatic carbocycles. The van der Waals surface area contributed by atoms with Gasteiger partial charge in [0.15, 0.2) is 58.9 Å². The SMILES string of the molecule is Cc1cc(-c2c(C)ccc3c2oc2ncccc23)[n+](C)cc1C.Cc1ccc(-c2c(C)cc(C)c3c2oc2ncccc23)[n+](C)c1.Cc1ccc(-c2c(C)ccc3c2oc2ncccc23)[n+](C)c1.Cc1ccc2c(oc3ncccc32)c1-c1cc(C(C)C)cc[n+]1C.Cc1ccc2c(oc3ncccc32)c1-c1cccc[n+]1C. The van der Waals surface area contributed by atoms with Crippen LogP contribution in [0.1, 0.15) is 81.0 Å². The van der Waals surface area contributed by atoms with Gasteiger partial charge in [-0.25, -0.2) is 47.8 Å². The first kappa shape index (κ1) is 73.7. The molecule has 0 aliphatic heterocycles. The second-order valence-corrected chi connectivity index (χ2v) is 30.3. The van der Waals surface area contributed by atoms with Crippen molar-refractivity contribution in [3.05, 3.63) is 299 Å². The van der Waals surface area contributed by atoms with E-state index >= 15 is 0 Å². The molecule has 20 rings (SSSR count). The van der Waals surface area contributed by atoms with Crippen LogP contribution in [-0.2, 0) is 35.2 Å². The van der Waals surface area contributed by atoms with Crippen LogP contribution in [0.15, 0.2) is 260 Å². The van der Waals surface area contributed by atoms with E-state index < -0.39 is 0 Å². The van der Waals surface area contributed by atoms with E-state index in [1.54, 1.807) is 31.0 Å². The molecule has 0 aliphatic carbocycles. The summed E-state index contributed by atoms with van der Waals surface area (Å²) >= 11 is 0. The number of nitrogens with zero attached hydrogens (tertiary/aromatic N) is 10. The van der Waals surface area contributed by atoms with E-state index in [1.165, 1.54) is 66.9 Å². The van der Waals surface area contributed by atoms with Crippen molar-refractivity contribution in [1.82, 2.24) is 24.9 Å². The Morgan fingerprint density at radius 3 is 1.02 bits per heavy atom. The lowest BCUT2D eigenvalue weighted by Gasteiger charge is -2.09. The van der Waals surface area contributed by atoms with Crippen molar-refractivity contribution in [2.75, 3.05) is 0 Å². The van der Waals surface area contributed by atoms with E-state index in [0.29, 0.717) is 34.5 Å². The molecule has 0 saturated heterocycles. The number of hydrogen-bond donors (Lipinski definition) is 0. The summed E-state index contributed by atoms with van der Waals surface area (Å²) in [4.78, 5) is 21.8. The summed E-state index contributed by atoms with van der Waals surface area (Å²) in [5, 5.41) is 11.0. The first-order chi connectivity index (χ1) is 54.6. The van der Waals surface area contributed by atoms with Crippen LogP contribution < -0.4 is 22.8 Å². The second kappa shape index (κ2) is 30.1. The highest BCUT2D eigenvalue weighted by Crippen LogP contribution is 2.43. The Morgan fingerprint density at radius 1 is 0.257 bits per heavy atom. The van der Waals surface area contributed by atoms with Gasteiger partial charge >= 0.3 is 0 Å². The Morgan fingerprint density at radius 2 is 0.611 bits per heavy atom. The fourth-order valence-electron chi connectivity index (χ4n) is 16.0. The standard InChI is InChI=1S/C21H21N2O.2C20H19N2O.C19H17N2O.C18H15N2O/c1-13(2)15-9-11-23(4)18(12-15)19-14(3)7-8-16-17-6-5-10-22-21(17)24-20(16)19;1-12-7-8-15-16-6-5-9-21-20(16)23-19(15)18(12)17-10-13(2)14(3)11-22(17)4;1-12-7-8-16(22(4)11-12)18-14(3)10-13(2)17-15-6-5-9-21-20(15)23-19(17)18;1-12-6-9-16(21(3)11-12)17-13(2)7-8-14-15-5-4-10-20-19(15)22-18(14)17;1-12-8-9-13-14-6-5-10-19-18(14)21-17(13)16(12)15-7-3-4-11-20(15)2/h5-13H,1-4H3;2*5-11H,1-4H3;4-11H,1-3H3;3-11H,1-2H3/q5*+1. The van der Waals surface area contributed by atoms with Crippen LogP contribution in [0.2, 0.25) is 0 Å². The summed E-state index contributed by atoms with van der Waals surface area (Å²) < 4.78 is 41.3. The highest BCUT2D eigenvalue weighted by molar-refractivity contribution is 6.13. The molecule has 15 heterocycles. The summed E-state index contributed by atoms with van der Waals surface area (Å²) in [5.41, 5.74) is 33.1. The number of aromatic nitrogens is 10. The number of aryl methyl sites for hydroxylation is 15. The maximum Gasteiger partial charge on any atom is 0.227 e. The van der Waals surface area contributed by atoms with Gasteiger partial charge in [-0.05, 0) is 199 Å². The Balaban J connectivity index is 0.000000107. The van der Waals surface area contributed by atoms with Gasteiger partial charge in [0.25, 0.3) is 0 Å². The van der Waals surface area contributed by atoms with Gasteiger partial charge in [-0.3, -0.25) is 0 Å². The summed E-state index contributed by atoms with van der Waals surface area (Å²) in [6, 6.07) is 60.9. The molecule has 0 N–H and O–H groups in total. The van der Waals surface area contributed by atoms with Crippen molar-refractivity contribution in [2.45, 2.75) is 89.0 Å². The molecule has 0 bridgehead atoms. The summed E-state index contributed by atoms with van der Waals surface area (Å²) in [6.07, 6.45) is 19.5. The number of benzene rings is 5. The largest absolute Gasteiger partial charge is 0.437 e. The quantitative estimate of drug-likeness (QED) is 0.147. The maximum atomic E-state index is 6.16. The van der Waals surface area contributed by atoms with Gasteiger partial charge in [-0.2, -0.15) is 0 Å². The molecule has 0 fully saturated rings. The molecule has 558 valence electrons. The van der Waals surface area contributed by atoms with E-state index in [1.807, 2.05) is 36.4 Å². The van der Waals surface area contributed by atoms with Crippen LogP contribution in [-0.4, -0.2) is 24.9 Å². The van der Waals surface area contributed by atoms with Crippen molar-refractivity contribution in [1.29, 1.82) is 0 Å². The molecular formula is C98H91N10O5+5. The van der Waals surface area contributed by atoms with E-state index in [4.69, 9.17) is 22.1 Å². The number of fused-ring (bicyclic) bond motifs is 15. The first-order valence-corrected chi connectivity index (χ1v) is 38.3. The van der Waals surface area contributed by atoms with Crippen LogP contribution in [0.5, 0.6) is 0 Å². The van der Waals surface area contributed by atoms with Gasteiger partial charge in [-0.1, -0.05) is 68.4 Å². The minimum atomic E-state index is 0.488. The number of hydrogen-bond acceptors (Lipinski definition) is 10. The van der Waals surface area contributed by atoms with E-state index in [-0.39, 0.29) is 0 Å². The lowest BCUT2D eigenvalue weighted by atomic mass is 9.97. The molecule has 15 aromatic heterocycles. The molecule has 15 nitrogen and oxygen atoms in total. The Hall–Kier alpha value is -13.4. The van der Waals surface area contributed by atoms with Gasteiger partial charge < -0.3 is 22.1 Å². The smallest absolute Gasteiger partial charge is 0.227 e. The topological polar surface area (TPSA) is 150 Å². The predicted molar refractivity (Wildman–Crippen MR) is 452 cm³/mol. The van der Waals surface area contributed by atoms with Crippen LogP contribution in [0.4, 0.5) is 0 Å². The fourth-order valence-corrected chi connectivity index (χ4v) is 16.0. The summed E-state index contributed by atoms with van der Waals surface area (Å²) in [6.45, 7) is 25.7. The van der Waals surface area contributed by atoms with Gasteiger partial charge in [0.2, 0.25) is 57.0 Å². The average Bonchev–Trinajstić information content (AvgIpc) is 1.62. The molecule has 0 unspecified atom stereocenters. The third-order valence-electron chi connectivity index (χ3n) is 21.9. The van der Waals surface area contributed by atoms with Gasteiger partial charge in [-0.15, -0.1) is 0 Å². The van der Waals surface area contributed by atoms with E-state index in [0.717, 1.165) is 132 Å². The van der Waals surface area contributed by atoms with Crippen molar-refractivity contribution in [3.8, 4) is 56.3 Å². The normalized spacial score (nSPS) is 11.5. The number of pyridine rings is 10.